The largest absolute Gasteiger partial charge is 0.496 e. The summed E-state index contributed by atoms with van der Waals surface area (Å²) in [5.41, 5.74) is 2.04. The minimum absolute atomic E-state index is 0.125. The van der Waals surface area contributed by atoms with Gasteiger partial charge in [0.1, 0.15) is 22.8 Å². The van der Waals surface area contributed by atoms with Crippen LogP contribution in [0.1, 0.15) is 10.4 Å². The number of benzene rings is 2. The van der Waals surface area contributed by atoms with Crippen molar-refractivity contribution in [3.63, 3.8) is 0 Å². The van der Waals surface area contributed by atoms with Crippen molar-refractivity contribution in [2.45, 2.75) is 0 Å². The van der Waals surface area contributed by atoms with Gasteiger partial charge in [0.15, 0.2) is 0 Å². The first-order chi connectivity index (χ1) is 12.3. The molecule has 0 aliphatic heterocycles. The van der Waals surface area contributed by atoms with Gasteiger partial charge in [-0.3, -0.25) is 0 Å². The first-order valence-electron chi connectivity index (χ1n) is 7.47. The van der Waals surface area contributed by atoms with Crippen molar-refractivity contribution in [1.29, 1.82) is 0 Å². The standard InChI is InChI=1S/C17H16N2O6S/c1-23-14-9-10(25-26(3,21)22)7-8-11(14)16-18-13-6-4-5-12(15(13)19-16)17(20)24-2/h4-9H,1-3H3,(H,18,19). The summed E-state index contributed by atoms with van der Waals surface area (Å²) in [6, 6.07) is 9.69. The number of fused-ring (bicyclic) bond motifs is 1. The third-order valence-corrected chi connectivity index (χ3v) is 4.09. The summed E-state index contributed by atoms with van der Waals surface area (Å²) in [7, 11) is -0.895. The van der Waals surface area contributed by atoms with Gasteiger partial charge in [-0.2, -0.15) is 8.42 Å². The van der Waals surface area contributed by atoms with Crippen LogP contribution in [0.3, 0.4) is 0 Å². The highest BCUT2D eigenvalue weighted by Crippen LogP contribution is 2.33. The Hall–Kier alpha value is -3.07. The zero-order chi connectivity index (χ0) is 18.9. The minimum atomic E-state index is -3.65. The number of imidazole rings is 1. The average molecular weight is 376 g/mol. The molecular formula is C17H16N2O6S. The summed E-state index contributed by atoms with van der Waals surface area (Å²) in [5.74, 6) is 0.459. The number of hydrogen-bond donors (Lipinski definition) is 1. The fourth-order valence-electron chi connectivity index (χ4n) is 2.53. The van der Waals surface area contributed by atoms with Crippen LogP contribution >= 0.6 is 0 Å². The molecule has 3 aromatic rings. The molecule has 0 bridgehead atoms. The highest BCUT2D eigenvalue weighted by molar-refractivity contribution is 7.86. The summed E-state index contributed by atoms with van der Waals surface area (Å²) >= 11 is 0. The lowest BCUT2D eigenvalue weighted by Gasteiger charge is -2.09. The lowest BCUT2D eigenvalue weighted by Crippen LogP contribution is -2.05. The van der Waals surface area contributed by atoms with Crippen LogP contribution in [0.25, 0.3) is 22.4 Å². The number of nitrogens with zero attached hydrogens (tertiary/aromatic N) is 1. The highest BCUT2D eigenvalue weighted by Gasteiger charge is 2.17. The van der Waals surface area contributed by atoms with E-state index in [1.165, 1.54) is 26.4 Å². The Kier molecular flexibility index (Phi) is 4.56. The number of rotatable bonds is 5. The van der Waals surface area contributed by atoms with Crippen LogP contribution in [-0.2, 0) is 14.9 Å². The van der Waals surface area contributed by atoms with Crippen LogP contribution in [-0.4, -0.2) is 44.8 Å². The van der Waals surface area contributed by atoms with Crippen molar-refractivity contribution in [1.82, 2.24) is 9.97 Å². The number of aromatic nitrogens is 2. The van der Waals surface area contributed by atoms with Gasteiger partial charge >= 0.3 is 16.1 Å². The van der Waals surface area contributed by atoms with Crippen molar-refractivity contribution in [2.24, 2.45) is 0 Å². The average Bonchev–Trinajstić information content (AvgIpc) is 3.03. The summed E-state index contributed by atoms with van der Waals surface area (Å²) in [5, 5.41) is 0. The van der Waals surface area contributed by atoms with Crippen LogP contribution in [0, 0.1) is 0 Å². The number of nitrogens with one attached hydrogen (secondary N) is 1. The Labute approximate surface area is 149 Å². The van der Waals surface area contributed by atoms with E-state index in [4.69, 9.17) is 13.7 Å². The summed E-state index contributed by atoms with van der Waals surface area (Å²) in [4.78, 5) is 19.5. The maximum atomic E-state index is 11.9. The van der Waals surface area contributed by atoms with E-state index < -0.39 is 16.1 Å². The molecule has 1 aromatic heterocycles. The van der Waals surface area contributed by atoms with Crippen molar-refractivity contribution in [3.05, 3.63) is 42.0 Å². The van der Waals surface area contributed by atoms with Crippen LogP contribution in [0.4, 0.5) is 0 Å². The van der Waals surface area contributed by atoms with Gasteiger partial charge in [-0.25, -0.2) is 9.78 Å². The van der Waals surface area contributed by atoms with Gasteiger partial charge in [0.25, 0.3) is 0 Å². The molecule has 9 heteroatoms. The van der Waals surface area contributed by atoms with Crippen molar-refractivity contribution < 1.29 is 26.9 Å². The molecule has 0 radical (unpaired) electrons. The van der Waals surface area contributed by atoms with E-state index in [0.717, 1.165) is 6.26 Å². The number of methoxy groups -OCH3 is 2. The molecule has 0 unspecified atom stereocenters. The van der Waals surface area contributed by atoms with Gasteiger partial charge in [0.2, 0.25) is 0 Å². The molecule has 0 atom stereocenters. The molecule has 1 N–H and O–H groups in total. The molecule has 0 spiro atoms. The Balaban J connectivity index is 2.10. The van der Waals surface area contributed by atoms with E-state index in [1.807, 2.05) is 0 Å². The SMILES string of the molecule is COC(=O)c1cccc2[nH]c(-c3ccc(OS(C)(=O)=O)cc3OC)nc12. The predicted molar refractivity (Wildman–Crippen MR) is 94.9 cm³/mol. The second-order valence-electron chi connectivity index (χ2n) is 5.43. The zero-order valence-electron chi connectivity index (χ0n) is 14.3. The number of ether oxygens (including phenoxy) is 2. The first kappa shape index (κ1) is 17.7. The third kappa shape index (κ3) is 3.47. The van der Waals surface area contributed by atoms with Gasteiger partial charge in [-0.15, -0.1) is 0 Å². The van der Waals surface area contributed by atoms with E-state index in [1.54, 1.807) is 24.3 Å². The van der Waals surface area contributed by atoms with Gasteiger partial charge in [0, 0.05) is 6.07 Å². The monoisotopic (exact) mass is 376 g/mol. The van der Waals surface area contributed by atoms with E-state index in [2.05, 4.69) is 9.97 Å². The van der Waals surface area contributed by atoms with Crippen LogP contribution in [0.2, 0.25) is 0 Å². The molecule has 3 rings (SSSR count). The molecule has 2 aromatic carbocycles. The molecule has 0 aliphatic rings. The number of hydrogen-bond acceptors (Lipinski definition) is 7. The topological polar surface area (TPSA) is 108 Å². The quantitative estimate of drug-likeness (QED) is 0.538. The molecular weight excluding hydrogens is 360 g/mol. The highest BCUT2D eigenvalue weighted by atomic mass is 32.2. The van der Waals surface area contributed by atoms with Gasteiger partial charge in [0.05, 0.1) is 37.1 Å². The smallest absolute Gasteiger partial charge is 0.340 e. The molecule has 0 saturated heterocycles. The van der Waals surface area contributed by atoms with Crippen LogP contribution in [0.5, 0.6) is 11.5 Å². The van der Waals surface area contributed by atoms with Gasteiger partial charge in [-0.1, -0.05) is 6.07 Å². The summed E-state index contributed by atoms with van der Waals surface area (Å²) in [6.45, 7) is 0. The second-order valence-corrected chi connectivity index (χ2v) is 7.00. The number of esters is 1. The van der Waals surface area contributed by atoms with E-state index >= 15 is 0 Å². The molecule has 0 saturated carbocycles. The minimum Gasteiger partial charge on any atom is -0.496 e. The molecule has 26 heavy (non-hydrogen) atoms. The van der Waals surface area contributed by atoms with E-state index in [-0.39, 0.29) is 5.75 Å². The van der Waals surface area contributed by atoms with Crippen molar-refractivity contribution in [2.75, 3.05) is 20.5 Å². The number of aromatic amines is 1. The Bertz CT molecular complexity index is 1090. The van der Waals surface area contributed by atoms with Gasteiger partial charge in [-0.05, 0) is 24.3 Å². The summed E-state index contributed by atoms with van der Waals surface area (Å²) in [6.07, 6.45) is 0.959. The fourth-order valence-corrected chi connectivity index (χ4v) is 2.98. The normalized spacial score (nSPS) is 11.3. The van der Waals surface area contributed by atoms with E-state index in [0.29, 0.717) is 33.7 Å². The zero-order valence-corrected chi connectivity index (χ0v) is 15.1. The Morgan fingerprint density at radius 1 is 1.15 bits per heavy atom. The maximum Gasteiger partial charge on any atom is 0.340 e. The molecule has 0 aliphatic carbocycles. The lowest BCUT2D eigenvalue weighted by molar-refractivity contribution is 0.0603. The van der Waals surface area contributed by atoms with Crippen LogP contribution in [0.15, 0.2) is 36.4 Å². The number of carbonyl (C=O) groups excluding carboxylic acids is 1. The van der Waals surface area contributed by atoms with E-state index in [9.17, 15) is 13.2 Å². The molecule has 8 nitrogen and oxygen atoms in total. The number of H-pyrrole nitrogens is 1. The second kappa shape index (κ2) is 6.68. The predicted octanol–water partition coefficient (Wildman–Crippen LogP) is 2.36. The summed E-state index contributed by atoms with van der Waals surface area (Å²) < 4.78 is 37.5. The number of carbonyl (C=O) groups is 1. The van der Waals surface area contributed by atoms with Crippen molar-refractivity contribution >= 4 is 27.1 Å². The molecule has 136 valence electrons. The molecule has 1 heterocycles. The lowest BCUT2D eigenvalue weighted by atomic mass is 10.2. The number of para-hydroxylation sites is 1. The van der Waals surface area contributed by atoms with Crippen molar-refractivity contribution in [3.8, 4) is 22.9 Å². The molecule has 0 amide bonds. The van der Waals surface area contributed by atoms with Gasteiger partial charge < -0.3 is 18.6 Å². The molecule has 0 fully saturated rings. The van der Waals surface area contributed by atoms with Crippen LogP contribution < -0.4 is 8.92 Å². The Morgan fingerprint density at radius 3 is 2.58 bits per heavy atom. The third-order valence-electron chi connectivity index (χ3n) is 3.59. The Morgan fingerprint density at radius 2 is 1.92 bits per heavy atom. The first-order valence-corrected chi connectivity index (χ1v) is 9.29. The maximum absolute atomic E-state index is 11.9. The fraction of sp³-hybridized carbons (Fsp3) is 0.176.